The molecule has 0 aliphatic heterocycles. The Morgan fingerprint density at radius 3 is 2.50 bits per heavy atom. The molecule has 1 saturated carbocycles. The summed E-state index contributed by atoms with van der Waals surface area (Å²) in [6.45, 7) is 4.51. The molecule has 0 spiro atoms. The molecular formula is C10H16. The number of rotatable bonds is 3. The summed E-state index contributed by atoms with van der Waals surface area (Å²) in [5.41, 5.74) is 0.329. The molecular weight excluding hydrogens is 120 g/mol. The molecule has 0 amide bonds. The second-order valence-electron chi connectivity index (χ2n) is 3.49. The van der Waals surface area contributed by atoms with E-state index in [1.54, 1.807) is 0 Å². The van der Waals surface area contributed by atoms with Crippen molar-refractivity contribution in [2.45, 2.75) is 39.5 Å². The molecule has 1 aliphatic rings. The van der Waals surface area contributed by atoms with E-state index in [4.69, 9.17) is 6.42 Å². The molecule has 1 aliphatic carbocycles. The summed E-state index contributed by atoms with van der Waals surface area (Å²) >= 11 is 0. The van der Waals surface area contributed by atoms with Crippen molar-refractivity contribution in [1.29, 1.82) is 0 Å². The summed E-state index contributed by atoms with van der Waals surface area (Å²) in [5, 5.41) is 0. The van der Waals surface area contributed by atoms with Gasteiger partial charge in [0, 0.05) is 5.41 Å². The van der Waals surface area contributed by atoms with Crippen LogP contribution < -0.4 is 0 Å². The van der Waals surface area contributed by atoms with Gasteiger partial charge in [-0.2, -0.15) is 0 Å². The quantitative estimate of drug-likeness (QED) is 0.523. The highest BCUT2D eigenvalue weighted by Crippen LogP contribution is 2.52. The van der Waals surface area contributed by atoms with E-state index in [2.05, 4.69) is 19.8 Å². The average Bonchev–Trinajstić information content (AvgIpc) is 2.68. The average molecular weight is 136 g/mol. The summed E-state index contributed by atoms with van der Waals surface area (Å²) in [6, 6.07) is 0. The van der Waals surface area contributed by atoms with Crippen LogP contribution in [0.1, 0.15) is 39.5 Å². The Morgan fingerprint density at radius 2 is 2.20 bits per heavy atom. The molecule has 0 aromatic heterocycles. The van der Waals surface area contributed by atoms with E-state index in [0.29, 0.717) is 5.41 Å². The molecule has 0 nitrogen and oxygen atoms in total. The van der Waals surface area contributed by atoms with Gasteiger partial charge in [-0.05, 0) is 25.2 Å². The molecule has 0 radical (unpaired) electrons. The molecule has 0 heterocycles. The minimum absolute atomic E-state index is 0.329. The molecule has 0 aromatic carbocycles. The highest BCUT2D eigenvalue weighted by molar-refractivity contribution is 5.16. The van der Waals surface area contributed by atoms with Gasteiger partial charge in [0.2, 0.25) is 0 Å². The van der Waals surface area contributed by atoms with E-state index in [-0.39, 0.29) is 0 Å². The molecule has 0 heteroatoms. The van der Waals surface area contributed by atoms with Gasteiger partial charge in [-0.3, -0.25) is 0 Å². The molecule has 0 N–H and O–H groups in total. The van der Waals surface area contributed by atoms with Crippen LogP contribution in [0.3, 0.4) is 0 Å². The van der Waals surface area contributed by atoms with Gasteiger partial charge >= 0.3 is 0 Å². The third-order valence-corrected chi connectivity index (χ3v) is 2.74. The maximum atomic E-state index is 5.45. The van der Waals surface area contributed by atoms with Gasteiger partial charge < -0.3 is 0 Å². The van der Waals surface area contributed by atoms with E-state index < -0.39 is 0 Å². The van der Waals surface area contributed by atoms with Crippen LogP contribution >= 0.6 is 0 Å². The lowest BCUT2D eigenvalue weighted by atomic mass is 9.88. The van der Waals surface area contributed by atoms with Crippen LogP contribution in [0.4, 0.5) is 0 Å². The van der Waals surface area contributed by atoms with Crippen LogP contribution in [-0.2, 0) is 0 Å². The Balaban J connectivity index is 2.41. The van der Waals surface area contributed by atoms with Gasteiger partial charge in [-0.1, -0.05) is 26.2 Å². The number of hydrogen-bond acceptors (Lipinski definition) is 0. The van der Waals surface area contributed by atoms with Crippen LogP contribution in [-0.4, -0.2) is 0 Å². The molecule has 1 rings (SSSR count). The van der Waals surface area contributed by atoms with E-state index in [1.165, 1.54) is 25.7 Å². The fourth-order valence-electron chi connectivity index (χ4n) is 1.62. The molecule has 1 atom stereocenters. The summed E-state index contributed by atoms with van der Waals surface area (Å²) in [6.07, 6.45) is 10.6. The van der Waals surface area contributed by atoms with Crippen molar-refractivity contribution in [3.8, 4) is 12.3 Å². The predicted octanol–water partition coefficient (Wildman–Crippen LogP) is 2.84. The largest absolute Gasteiger partial charge is 0.120 e. The summed E-state index contributed by atoms with van der Waals surface area (Å²) in [5.74, 6) is 3.69. The monoisotopic (exact) mass is 136 g/mol. The van der Waals surface area contributed by atoms with Gasteiger partial charge in [0.25, 0.3) is 0 Å². The van der Waals surface area contributed by atoms with Crippen molar-refractivity contribution in [2.24, 2.45) is 11.3 Å². The maximum Gasteiger partial charge on any atom is 0.0338 e. The molecule has 0 bridgehead atoms. The highest BCUT2D eigenvalue weighted by Gasteiger charge is 2.44. The maximum absolute atomic E-state index is 5.45. The third-order valence-electron chi connectivity index (χ3n) is 2.74. The van der Waals surface area contributed by atoms with Crippen molar-refractivity contribution in [3.05, 3.63) is 0 Å². The minimum atomic E-state index is 0.329. The SMILES string of the molecule is C#CC1(C(C)CCC)CC1. The summed E-state index contributed by atoms with van der Waals surface area (Å²) in [7, 11) is 0. The predicted molar refractivity (Wildman–Crippen MR) is 44.6 cm³/mol. The lowest BCUT2D eigenvalue weighted by molar-refractivity contribution is 0.391. The normalized spacial score (nSPS) is 23.3. The van der Waals surface area contributed by atoms with Crippen molar-refractivity contribution >= 4 is 0 Å². The molecule has 1 fully saturated rings. The Kier molecular flexibility index (Phi) is 2.04. The minimum Gasteiger partial charge on any atom is -0.120 e. The third kappa shape index (κ3) is 1.19. The highest BCUT2D eigenvalue weighted by atomic mass is 14.5. The first-order valence-electron chi connectivity index (χ1n) is 4.23. The Labute approximate surface area is 64.0 Å². The van der Waals surface area contributed by atoms with Crippen molar-refractivity contribution < 1.29 is 0 Å². The standard InChI is InChI=1S/C10H16/c1-4-6-9(3)10(5-2)7-8-10/h2,9H,4,6-8H2,1,3H3. The summed E-state index contributed by atoms with van der Waals surface area (Å²) in [4.78, 5) is 0. The van der Waals surface area contributed by atoms with Gasteiger partial charge in [0.15, 0.2) is 0 Å². The van der Waals surface area contributed by atoms with Crippen LogP contribution in [0.25, 0.3) is 0 Å². The van der Waals surface area contributed by atoms with Gasteiger partial charge in [-0.15, -0.1) is 6.42 Å². The second-order valence-corrected chi connectivity index (χ2v) is 3.49. The van der Waals surface area contributed by atoms with Gasteiger partial charge in [0.1, 0.15) is 0 Å². The summed E-state index contributed by atoms with van der Waals surface area (Å²) < 4.78 is 0. The van der Waals surface area contributed by atoms with E-state index in [0.717, 1.165) is 5.92 Å². The molecule has 0 saturated heterocycles. The van der Waals surface area contributed by atoms with Gasteiger partial charge in [-0.25, -0.2) is 0 Å². The first kappa shape index (κ1) is 7.66. The van der Waals surface area contributed by atoms with Gasteiger partial charge in [0.05, 0.1) is 0 Å². The van der Waals surface area contributed by atoms with Crippen molar-refractivity contribution in [2.75, 3.05) is 0 Å². The lowest BCUT2D eigenvalue weighted by Crippen LogP contribution is -2.09. The Morgan fingerprint density at radius 1 is 1.60 bits per heavy atom. The zero-order valence-electron chi connectivity index (χ0n) is 6.98. The Hall–Kier alpha value is -0.440. The topological polar surface area (TPSA) is 0 Å². The first-order valence-corrected chi connectivity index (χ1v) is 4.23. The zero-order valence-corrected chi connectivity index (χ0v) is 6.98. The molecule has 10 heavy (non-hydrogen) atoms. The van der Waals surface area contributed by atoms with E-state index in [9.17, 15) is 0 Å². The van der Waals surface area contributed by atoms with Crippen LogP contribution in [0.5, 0.6) is 0 Å². The molecule has 1 unspecified atom stereocenters. The number of terminal acetylenes is 1. The van der Waals surface area contributed by atoms with Crippen molar-refractivity contribution in [1.82, 2.24) is 0 Å². The molecule has 56 valence electrons. The van der Waals surface area contributed by atoms with E-state index >= 15 is 0 Å². The Bertz CT molecular complexity index is 146. The first-order chi connectivity index (χ1) is 4.75. The van der Waals surface area contributed by atoms with Crippen molar-refractivity contribution in [3.63, 3.8) is 0 Å². The molecule has 0 aromatic rings. The van der Waals surface area contributed by atoms with Crippen LogP contribution in [0.15, 0.2) is 0 Å². The second kappa shape index (κ2) is 2.66. The smallest absolute Gasteiger partial charge is 0.0338 e. The van der Waals surface area contributed by atoms with Crippen LogP contribution in [0.2, 0.25) is 0 Å². The van der Waals surface area contributed by atoms with Crippen LogP contribution in [0, 0.1) is 23.7 Å². The fraction of sp³-hybridized carbons (Fsp3) is 0.800. The van der Waals surface area contributed by atoms with E-state index in [1.807, 2.05) is 0 Å². The lowest BCUT2D eigenvalue weighted by Gasteiger charge is -2.15. The number of hydrogen-bond donors (Lipinski definition) is 0. The zero-order chi connectivity index (χ0) is 7.61. The fourth-order valence-corrected chi connectivity index (χ4v) is 1.62.